The van der Waals surface area contributed by atoms with Crippen molar-refractivity contribution in [3.05, 3.63) is 29.1 Å². The molecule has 2 heterocycles. The van der Waals surface area contributed by atoms with E-state index in [9.17, 15) is 4.39 Å². The van der Waals surface area contributed by atoms with Gasteiger partial charge >= 0.3 is 0 Å². The zero-order chi connectivity index (χ0) is 15.5. The van der Waals surface area contributed by atoms with Crippen molar-refractivity contribution in [2.45, 2.75) is 26.7 Å². The predicted octanol–water partition coefficient (Wildman–Crippen LogP) is 2.56. The number of halogens is 1. The molecular weight excluding hydrogens is 277 g/mol. The van der Waals surface area contributed by atoms with Crippen LogP contribution in [0.5, 0.6) is 0 Å². The average molecular weight is 305 g/mol. The Morgan fingerprint density at radius 3 is 2.36 bits per heavy atom. The van der Waals surface area contributed by atoms with Crippen LogP contribution in [0, 0.1) is 25.6 Å². The highest BCUT2D eigenvalue weighted by molar-refractivity contribution is 5.52. The van der Waals surface area contributed by atoms with Gasteiger partial charge in [0, 0.05) is 32.7 Å². The maximum absolute atomic E-state index is 14.2. The minimum Gasteiger partial charge on any atom is -0.367 e. The molecule has 1 aromatic carbocycles. The van der Waals surface area contributed by atoms with E-state index in [0.717, 1.165) is 43.3 Å². The van der Waals surface area contributed by atoms with Gasteiger partial charge in [-0.3, -0.25) is 4.90 Å². The fourth-order valence-corrected chi connectivity index (χ4v) is 3.61. The topological polar surface area (TPSA) is 18.5 Å². The number of rotatable bonds is 3. The molecule has 0 aromatic heterocycles. The van der Waals surface area contributed by atoms with Crippen LogP contribution in [0.15, 0.2) is 12.1 Å². The molecule has 1 aromatic rings. The summed E-state index contributed by atoms with van der Waals surface area (Å²) in [6.07, 6.45) is 2.60. The van der Waals surface area contributed by atoms with Crippen LogP contribution in [0.4, 0.5) is 10.1 Å². The van der Waals surface area contributed by atoms with Crippen LogP contribution in [-0.2, 0) is 0 Å². The molecule has 4 heteroatoms. The van der Waals surface area contributed by atoms with Gasteiger partial charge in [0.25, 0.3) is 0 Å². The summed E-state index contributed by atoms with van der Waals surface area (Å²) in [5, 5.41) is 3.43. The van der Waals surface area contributed by atoms with Crippen molar-refractivity contribution in [3.8, 4) is 0 Å². The van der Waals surface area contributed by atoms with E-state index in [1.54, 1.807) is 6.07 Å². The minimum absolute atomic E-state index is 0.0742. The molecule has 0 radical (unpaired) electrons. The molecule has 0 spiro atoms. The van der Waals surface area contributed by atoms with Crippen molar-refractivity contribution >= 4 is 5.69 Å². The molecule has 0 aliphatic carbocycles. The normalized spacial score (nSPS) is 21.3. The van der Waals surface area contributed by atoms with Crippen molar-refractivity contribution in [2.24, 2.45) is 5.92 Å². The van der Waals surface area contributed by atoms with E-state index in [0.29, 0.717) is 0 Å². The summed E-state index contributed by atoms with van der Waals surface area (Å²) < 4.78 is 14.2. The van der Waals surface area contributed by atoms with Gasteiger partial charge < -0.3 is 10.2 Å². The first-order valence-corrected chi connectivity index (χ1v) is 8.58. The van der Waals surface area contributed by atoms with Gasteiger partial charge in [0.05, 0.1) is 5.69 Å². The lowest BCUT2D eigenvalue weighted by molar-refractivity contribution is 0.196. The van der Waals surface area contributed by atoms with E-state index in [1.807, 2.05) is 13.0 Å². The van der Waals surface area contributed by atoms with E-state index >= 15 is 0 Å². The average Bonchev–Trinajstić information content (AvgIpc) is 2.53. The molecule has 0 amide bonds. The van der Waals surface area contributed by atoms with Crippen molar-refractivity contribution in [2.75, 3.05) is 50.7 Å². The standard InChI is InChI=1S/C18H28FN3/c1-14-11-17(19)18(12-15(14)2)22-9-7-21(8-10-22)13-16-3-5-20-6-4-16/h11-12,16,20H,3-10,13H2,1-2H3. The van der Waals surface area contributed by atoms with Gasteiger partial charge in [0.2, 0.25) is 0 Å². The number of nitrogens with zero attached hydrogens (tertiary/aromatic N) is 2. The first-order valence-electron chi connectivity index (χ1n) is 8.58. The molecule has 0 unspecified atom stereocenters. The Labute approximate surface area is 133 Å². The van der Waals surface area contributed by atoms with E-state index in [4.69, 9.17) is 0 Å². The predicted molar refractivity (Wildman–Crippen MR) is 90.1 cm³/mol. The molecule has 2 saturated heterocycles. The molecule has 0 saturated carbocycles. The lowest BCUT2D eigenvalue weighted by Crippen LogP contribution is -2.48. The van der Waals surface area contributed by atoms with E-state index < -0.39 is 0 Å². The third-order valence-corrected chi connectivity index (χ3v) is 5.25. The van der Waals surface area contributed by atoms with E-state index in [2.05, 4.69) is 22.0 Å². The van der Waals surface area contributed by atoms with Gasteiger partial charge in [0.15, 0.2) is 0 Å². The van der Waals surface area contributed by atoms with Gasteiger partial charge in [-0.25, -0.2) is 4.39 Å². The Kier molecular flexibility index (Phi) is 4.99. The highest BCUT2D eigenvalue weighted by Crippen LogP contribution is 2.25. The molecule has 3 nitrogen and oxygen atoms in total. The smallest absolute Gasteiger partial charge is 0.146 e. The summed E-state index contributed by atoms with van der Waals surface area (Å²) in [5.41, 5.74) is 2.99. The number of nitrogens with one attached hydrogen (secondary N) is 1. The Balaban J connectivity index is 1.56. The van der Waals surface area contributed by atoms with Crippen molar-refractivity contribution in [1.29, 1.82) is 0 Å². The summed E-state index contributed by atoms with van der Waals surface area (Å²) in [7, 11) is 0. The van der Waals surface area contributed by atoms with E-state index in [1.165, 1.54) is 38.0 Å². The van der Waals surface area contributed by atoms with Crippen LogP contribution in [0.1, 0.15) is 24.0 Å². The molecule has 2 aliphatic heterocycles. The van der Waals surface area contributed by atoms with Crippen LogP contribution < -0.4 is 10.2 Å². The summed E-state index contributed by atoms with van der Waals surface area (Å²) in [6, 6.07) is 3.68. The minimum atomic E-state index is -0.0742. The third kappa shape index (κ3) is 3.61. The Morgan fingerprint density at radius 2 is 1.68 bits per heavy atom. The molecule has 2 aliphatic rings. The number of hydrogen-bond donors (Lipinski definition) is 1. The molecule has 0 atom stereocenters. The zero-order valence-corrected chi connectivity index (χ0v) is 13.9. The van der Waals surface area contributed by atoms with Crippen molar-refractivity contribution in [3.63, 3.8) is 0 Å². The zero-order valence-electron chi connectivity index (χ0n) is 13.9. The van der Waals surface area contributed by atoms with E-state index in [-0.39, 0.29) is 5.82 Å². The molecule has 0 bridgehead atoms. The molecule has 22 heavy (non-hydrogen) atoms. The second kappa shape index (κ2) is 6.97. The van der Waals surface area contributed by atoms with Crippen LogP contribution in [0.25, 0.3) is 0 Å². The fraction of sp³-hybridized carbons (Fsp3) is 0.667. The van der Waals surface area contributed by atoms with Crippen LogP contribution in [-0.4, -0.2) is 50.7 Å². The second-order valence-corrected chi connectivity index (χ2v) is 6.87. The number of benzene rings is 1. The first-order chi connectivity index (χ1) is 10.6. The maximum atomic E-state index is 14.2. The highest BCUT2D eigenvalue weighted by Gasteiger charge is 2.23. The summed E-state index contributed by atoms with van der Waals surface area (Å²) in [4.78, 5) is 4.77. The summed E-state index contributed by atoms with van der Waals surface area (Å²) in [5.74, 6) is 0.765. The number of anilines is 1. The van der Waals surface area contributed by atoms with Crippen molar-refractivity contribution < 1.29 is 4.39 Å². The Bertz CT molecular complexity index is 503. The third-order valence-electron chi connectivity index (χ3n) is 5.25. The molecule has 2 fully saturated rings. The maximum Gasteiger partial charge on any atom is 0.146 e. The van der Waals surface area contributed by atoms with Crippen molar-refractivity contribution in [1.82, 2.24) is 10.2 Å². The van der Waals surface area contributed by atoms with Crippen LogP contribution in [0.2, 0.25) is 0 Å². The SMILES string of the molecule is Cc1cc(F)c(N2CCN(CC3CCNCC3)CC2)cc1C. The Hall–Kier alpha value is -1.13. The molecule has 122 valence electrons. The Morgan fingerprint density at radius 1 is 1.05 bits per heavy atom. The molecule has 1 N–H and O–H groups in total. The van der Waals surface area contributed by atoms with Gasteiger partial charge in [-0.05, 0) is 69.0 Å². The number of piperidine rings is 1. The fourth-order valence-electron chi connectivity index (χ4n) is 3.61. The van der Waals surface area contributed by atoms with Crippen LogP contribution >= 0.6 is 0 Å². The monoisotopic (exact) mass is 305 g/mol. The van der Waals surface area contributed by atoms with Gasteiger partial charge in [-0.1, -0.05) is 0 Å². The summed E-state index contributed by atoms with van der Waals surface area (Å²) in [6.45, 7) is 11.5. The summed E-state index contributed by atoms with van der Waals surface area (Å²) >= 11 is 0. The lowest BCUT2D eigenvalue weighted by atomic mass is 9.97. The lowest BCUT2D eigenvalue weighted by Gasteiger charge is -2.38. The molecule has 3 rings (SSSR count). The number of piperazine rings is 1. The number of hydrogen-bond acceptors (Lipinski definition) is 3. The van der Waals surface area contributed by atoms with Gasteiger partial charge in [-0.15, -0.1) is 0 Å². The van der Waals surface area contributed by atoms with Gasteiger partial charge in [0.1, 0.15) is 5.82 Å². The van der Waals surface area contributed by atoms with Crippen LogP contribution in [0.3, 0.4) is 0 Å². The van der Waals surface area contributed by atoms with Gasteiger partial charge in [-0.2, -0.15) is 0 Å². The molecular formula is C18H28FN3. The largest absolute Gasteiger partial charge is 0.367 e. The second-order valence-electron chi connectivity index (χ2n) is 6.87. The first kappa shape index (κ1) is 15.8. The number of aryl methyl sites for hydroxylation is 2. The quantitative estimate of drug-likeness (QED) is 0.926. The highest BCUT2D eigenvalue weighted by atomic mass is 19.1.